The summed E-state index contributed by atoms with van der Waals surface area (Å²) in [6, 6.07) is 5.31. The highest BCUT2D eigenvalue weighted by molar-refractivity contribution is 7.89. The van der Waals surface area contributed by atoms with Crippen LogP contribution in [-0.2, 0) is 10.0 Å². The second-order valence-electron chi connectivity index (χ2n) is 4.58. The highest BCUT2D eigenvalue weighted by atomic mass is 32.2. The zero-order valence-corrected chi connectivity index (χ0v) is 11.7. The molecule has 1 fully saturated rings. The van der Waals surface area contributed by atoms with Crippen LogP contribution in [0.4, 0.5) is 11.4 Å². The smallest absolute Gasteiger partial charge is 0.242 e. The minimum Gasteiger partial charge on any atom is -0.398 e. The van der Waals surface area contributed by atoms with E-state index in [0.717, 1.165) is 18.5 Å². The van der Waals surface area contributed by atoms with Crippen molar-refractivity contribution in [2.45, 2.75) is 23.8 Å². The number of aliphatic hydroxyl groups excluding tert-OH is 1. The van der Waals surface area contributed by atoms with Crippen molar-refractivity contribution in [1.29, 1.82) is 0 Å². The van der Waals surface area contributed by atoms with Gasteiger partial charge in [0.2, 0.25) is 10.0 Å². The van der Waals surface area contributed by atoms with Gasteiger partial charge in [-0.15, -0.1) is 0 Å². The molecule has 1 saturated carbocycles. The van der Waals surface area contributed by atoms with E-state index in [0.29, 0.717) is 12.6 Å². The largest absolute Gasteiger partial charge is 0.398 e. The molecule has 0 heterocycles. The molecule has 1 aromatic carbocycles. The quantitative estimate of drug-likeness (QED) is 0.646. The number of anilines is 2. The first-order chi connectivity index (χ1) is 8.99. The predicted molar refractivity (Wildman–Crippen MR) is 74.6 cm³/mol. The Morgan fingerprint density at radius 3 is 2.63 bits per heavy atom. The zero-order valence-electron chi connectivity index (χ0n) is 10.8. The lowest BCUT2D eigenvalue weighted by atomic mass is 10.2. The highest BCUT2D eigenvalue weighted by Gasteiger charge is 2.29. The summed E-state index contributed by atoms with van der Waals surface area (Å²) in [5.74, 6) is 0. The lowest BCUT2D eigenvalue weighted by Crippen LogP contribution is -2.29. The van der Waals surface area contributed by atoms with E-state index in [1.54, 1.807) is 12.1 Å². The molecule has 1 aromatic rings. The third kappa shape index (κ3) is 2.99. The number of nitrogens with zero attached hydrogens (tertiary/aromatic N) is 1. The lowest BCUT2D eigenvalue weighted by molar-refractivity contribution is 0.301. The Balaban J connectivity index is 2.32. The van der Waals surface area contributed by atoms with Crippen molar-refractivity contribution in [3.8, 4) is 0 Å². The Hall–Kier alpha value is -1.31. The normalized spacial score (nSPS) is 15.5. The molecule has 0 aromatic heterocycles. The van der Waals surface area contributed by atoms with Crippen molar-refractivity contribution >= 4 is 21.4 Å². The molecule has 1 aliphatic rings. The first kappa shape index (κ1) is 14.1. The van der Waals surface area contributed by atoms with E-state index in [2.05, 4.69) is 9.62 Å². The van der Waals surface area contributed by atoms with Gasteiger partial charge in [0, 0.05) is 18.3 Å². The molecule has 0 atom stereocenters. The predicted octanol–water partition coefficient (Wildman–Crippen LogP) is 0.138. The maximum atomic E-state index is 11.7. The van der Waals surface area contributed by atoms with E-state index in [-0.39, 0.29) is 17.2 Å². The third-order valence-electron chi connectivity index (χ3n) is 3.21. The van der Waals surface area contributed by atoms with Crippen LogP contribution < -0.4 is 15.4 Å². The van der Waals surface area contributed by atoms with Crippen molar-refractivity contribution in [1.82, 2.24) is 4.72 Å². The van der Waals surface area contributed by atoms with E-state index in [1.165, 1.54) is 13.1 Å². The Morgan fingerprint density at radius 1 is 1.47 bits per heavy atom. The van der Waals surface area contributed by atoms with Crippen molar-refractivity contribution in [2.75, 3.05) is 30.8 Å². The molecular formula is C12H19N3O3S. The minimum atomic E-state index is -3.53. The molecule has 7 heteroatoms. The fraction of sp³-hybridized carbons (Fsp3) is 0.500. The molecule has 0 unspecified atom stereocenters. The van der Waals surface area contributed by atoms with E-state index in [1.807, 2.05) is 0 Å². The summed E-state index contributed by atoms with van der Waals surface area (Å²) in [5.41, 5.74) is 6.90. The van der Waals surface area contributed by atoms with Crippen molar-refractivity contribution in [3.05, 3.63) is 18.2 Å². The molecule has 0 aliphatic heterocycles. The molecule has 106 valence electrons. The van der Waals surface area contributed by atoms with Gasteiger partial charge in [-0.1, -0.05) is 0 Å². The van der Waals surface area contributed by atoms with Crippen molar-refractivity contribution in [2.24, 2.45) is 0 Å². The molecule has 0 spiro atoms. The number of rotatable bonds is 6. The van der Waals surface area contributed by atoms with Gasteiger partial charge in [0.25, 0.3) is 0 Å². The number of nitrogens with two attached hydrogens (primary N) is 1. The van der Waals surface area contributed by atoms with Crippen LogP contribution in [0.1, 0.15) is 12.8 Å². The number of benzene rings is 1. The fourth-order valence-electron chi connectivity index (χ4n) is 2.09. The Labute approximate surface area is 113 Å². The molecule has 0 amide bonds. The first-order valence-electron chi connectivity index (χ1n) is 6.20. The molecule has 1 aliphatic carbocycles. The third-order valence-corrected chi connectivity index (χ3v) is 4.70. The second-order valence-corrected chi connectivity index (χ2v) is 6.43. The number of sulfonamides is 1. The van der Waals surface area contributed by atoms with Crippen LogP contribution in [0.2, 0.25) is 0 Å². The van der Waals surface area contributed by atoms with Gasteiger partial charge in [-0.05, 0) is 38.1 Å². The summed E-state index contributed by atoms with van der Waals surface area (Å²) >= 11 is 0. The number of aliphatic hydroxyl groups is 1. The molecule has 4 N–H and O–H groups in total. The standard InChI is InChI=1S/C12H19N3O3S/c1-14-19(17,18)12-5-4-10(8-11(12)13)15(6-7-16)9-2-3-9/h4-5,8-9,14,16H,2-3,6-7,13H2,1H3. The van der Waals surface area contributed by atoms with Crippen molar-refractivity contribution < 1.29 is 13.5 Å². The number of nitrogen functional groups attached to an aromatic ring is 1. The molecule has 19 heavy (non-hydrogen) atoms. The summed E-state index contributed by atoms with van der Waals surface area (Å²) in [5, 5.41) is 9.09. The summed E-state index contributed by atoms with van der Waals surface area (Å²) in [6.45, 7) is 0.592. The molecule has 0 saturated heterocycles. The molecule has 0 bridgehead atoms. The van der Waals surface area contributed by atoms with Gasteiger partial charge in [-0.25, -0.2) is 13.1 Å². The molecule has 6 nitrogen and oxygen atoms in total. The highest BCUT2D eigenvalue weighted by Crippen LogP contribution is 2.33. The average molecular weight is 285 g/mol. The summed E-state index contributed by atoms with van der Waals surface area (Å²) in [6.07, 6.45) is 2.19. The lowest BCUT2D eigenvalue weighted by Gasteiger charge is -2.24. The van der Waals surface area contributed by atoms with Crippen LogP contribution in [0.3, 0.4) is 0 Å². The van der Waals surface area contributed by atoms with E-state index < -0.39 is 10.0 Å². The van der Waals surface area contributed by atoms with Gasteiger partial charge in [0.05, 0.1) is 12.3 Å². The number of nitrogens with one attached hydrogen (secondary N) is 1. The van der Waals surface area contributed by atoms with Crippen LogP contribution in [0.5, 0.6) is 0 Å². The van der Waals surface area contributed by atoms with Crippen molar-refractivity contribution in [3.63, 3.8) is 0 Å². The zero-order chi connectivity index (χ0) is 14.0. The Kier molecular flexibility index (Phi) is 3.98. The number of hydrogen-bond acceptors (Lipinski definition) is 5. The topological polar surface area (TPSA) is 95.7 Å². The van der Waals surface area contributed by atoms with Gasteiger partial charge >= 0.3 is 0 Å². The Bertz CT molecular complexity index is 555. The summed E-state index contributed by atoms with van der Waals surface area (Å²) < 4.78 is 25.7. The maximum absolute atomic E-state index is 11.7. The second kappa shape index (κ2) is 5.36. The van der Waals surface area contributed by atoms with E-state index in [9.17, 15) is 8.42 Å². The van der Waals surface area contributed by atoms with Crippen LogP contribution >= 0.6 is 0 Å². The van der Waals surface area contributed by atoms with Crippen LogP contribution in [0, 0.1) is 0 Å². The van der Waals surface area contributed by atoms with E-state index >= 15 is 0 Å². The molecular weight excluding hydrogens is 266 g/mol. The van der Waals surface area contributed by atoms with Gasteiger partial charge in [0.15, 0.2) is 0 Å². The summed E-state index contributed by atoms with van der Waals surface area (Å²) in [4.78, 5) is 2.14. The summed E-state index contributed by atoms with van der Waals surface area (Å²) in [7, 11) is -2.18. The van der Waals surface area contributed by atoms with Gasteiger partial charge in [-0.2, -0.15) is 0 Å². The molecule has 2 rings (SSSR count). The first-order valence-corrected chi connectivity index (χ1v) is 7.68. The van der Waals surface area contributed by atoms with Crippen LogP contribution in [-0.4, -0.2) is 39.8 Å². The van der Waals surface area contributed by atoms with Gasteiger partial charge in [-0.3, -0.25) is 0 Å². The monoisotopic (exact) mass is 285 g/mol. The SMILES string of the molecule is CNS(=O)(=O)c1ccc(N(CCO)C2CC2)cc1N. The van der Waals surface area contributed by atoms with Crippen LogP contribution in [0.25, 0.3) is 0 Å². The van der Waals surface area contributed by atoms with Gasteiger partial charge < -0.3 is 15.7 Å². The van der Waals surface area contributed by atoms with Gasteiger partial charge in [0.1, 0.15) is 4.90 Å². The number of hydrogen-bond donors (Lipinski definition) is 3. The average Bonchev–Trinajstić information content (AvgIpc) is 3.19. The van der Waals surface area contributed by atoms with E-state index in [4.69, 9.17) is 10.8 Å². The Morgan fingerprint density at radius 2 is 2.16 bits per heavy atom. The minimum absolute atomic E-state index is 0.0625. The maximum Gasteiger partial charge on any atom is 0.242 e. The molecule has 0 radical (unpaired) electrons. The van der Waals surface area contributed by atoms with Crippen LogP contribution in [0.15, 0.2) is 23.1 Å². The fourth-order valence-corrected chi connectivity index (χ4v) is 2.92.